The Bertz CT molecular complexity index is 1420. The van der Waals surface area contributed by atoms with Crippen molar-refractivity contribution in [2.75, 3.05) is 47.5 Å². The lowest BCUT2D eigenvalue weighted by molar-refractivity contribution is -0.870. The van der Waals surface area contributed by atoms with E-state index in [9.17, 15) is 19.0 Å². The average Bonchev–Trinajstić information content (AvgIpc) is 3.38. The van der Waals surface area contributed by atoms with Gasteiger partial charge in [0.15, 0.2) is 6.10 Å². The van der Waals surface area contributed by atoms with Crippen molar-refractivity contribution in [3.8, 4) is 0 Å². The van der Waals surface area contributed by atoms with Gasteiger partial charge in [0.2, 0.25) is 0 Å². The molecule has 0 aromatic rings. The van der Waals surface area contributed by atoms with Gasteiger partial charge >= 0.3 is 11.9 Å². The molecule has 0 heterocycles. The van der Waals surface area contributed by atoms with Gasteiger partial charge in [-0.05, 0) is 51.4 Å². The number of nitrogens with zero attached hydrogens (tertiary/aromatic N) is 1. The summed E-state index contributed by atoms with van der Waals surface area (Å²) in [6, 6.07) is 0. The fourth-order valence-electron chi connectivity index (χ4n) is 9.42. The van der Waals surface area contributed by atoms with E-state index < -0.39 is 26.5 Å². The highest BCUT2D eigenvalue weighted by Gasteiger charge is 2.22. The number of phosphoric acid groups is 1. The van der Waals surface area contributed by atoms with Gasteiger partial charge in [-0.3, -0.25) is 14.2 Å². The number of ether oxygens (including phenoxy) is 2. The van der Waals surface area contributed by atoms with Crippen molar-refractivity contribution in [2.45, 2.75) is 315 Å². The molecule has 0 saturated heterocycles. The number of hydrogen-bond donors (Lipinski definition) is 0. The lowest BCUT2D eigenvalue weighted by Gasteiger charge is -2.28. The monoisotopic (exact) mass is 1090 g/mol. The standard InChI is InChI=1S/C66H124NO8P/c1-6-8-10-12-14-16-18-20-22-24-26-28-29-30-31-32-33-34-35-36-37-39-41-43-45-47-49-51-53-55-57-59-66(69)75-64(63-74-76(70,71)73-61-60-67(3,4)5)62-72-65(68)58-56-54-52-50-48-46-44-42-40-38-27-25-23-21-19-17-15-13-11-9-7-2/h8,10,14,16,20,22,26,28,64H,6-7,9,11-13,15,17-19,21,23-25,27,29-63H2,1-5H3/b10-8-,16-14-,22-20-,28-26-. The molecular formula is C66H124NO8P. The molecular weight excluding hydrogens is 966 g/mol. The zero-order chi connectivity index (χ0) is 55.6. The highest BCUT2D eigenvalue weighted by atomic mass is 31.2. The van der Waals surface area contributed by atoms with E-state index in [4.69, 9.17) is 18.5 Å². The van der Waals surface area contributed by atoms with Crippen molar-refractivity contribution < 1.29 is 42.1 Å². The molecule has 0 bridgehead atoms. The Morgan fingerprint density at radius 3 is 1.12 bits per heavy atom. The number of unbranched alkanes of at least 4 members (excludes halogenated alkanes) is 38. The molecule has 0 spiro atoms. The fourth-order valence-corrected chi connectivity index (χ4v) is 10.1. The number of likely N-dealkylation sites (N-methyl/N-ethyl adjacent to an activating group) is 1. The van der Waals surface area contributed by atoms with E-state index in [0.717, 1.165) is 57.8 Å². The third-order valence-electron chi connectivity index (χ3n) is 14.4. The molecule has 0 fully saturated rings. The van der Waals surface area contributed by atoms with E-state index in [-0.39, 0.29) is 32.0 Å². The number of allylic oxidation sites excluding steroid dienone is 8. The normalized spacial score (nSPS) is 13.5. The van der Waals surface area contributed by atoms with Crippen molar-refractivity contribution in [3.05, 3.63) is 48.6 Å². The first-order valence-electron chi connectivity index (χ1n) is 32.3. The second-order valence-electron chi connectivity index (χ2n) is 23.1. The van der Waals surface area contributed by atoms with Crippen LogP contribution in [0.15, 0.2) is 48.6 Å². The van der Waals surface area contributed by atoms with Crippen LogP contribution in [0, 0.1) is 0 Å². The SMILES string of the molecule is CC/C=C\C/C=C\C/C=C\C/C=C\CCCCCCCCCCCCCCCCCCCCC(=O)OC(COC(=O)CCCCCCCCCCCCCCCCCCCCCCC)COP(=O)([O-])OCC[N+](C)(C)C. The molecule has 0 rings (SSSR count). The van der Waals surface area contributed by atoms with E-state index in [0.29, 0.717) is 17.4 Å². The van der Waals surface area contributed by atoms with Crippen LogP contribution in [0.2, 0.25) is 0 Å². The first-order chi connectivity index (χ1) is 37.0. The minimum Gasteiger partial charge on any atom is -0.756 e. The number of rotatable bonds is 60. The summed E-state index contributed by atoms with van der Waals surface area (Å²) in [6.07, 6.45) is 73.2. The maximum Gasteiger partial charge on any atom is 0.306 e. The van der Waals surface area contributed by atoms with Crippen LogP contribution >= 0.6 is 7.82 Å². The molecule has 446 valence electrons. The Hall–Kier alpha value is -2.03. The van der Waals surface area contributed by atoms with Crippen molar-refractivity contribution >= 4 is 19.8 Å². The predicted octanol–water partition coefficient (Wildman–Crippen LogP) is 19.9. The van der Waals surface area contributed by atoms with Crippen molar-refractivity contribution in [1.29, 1.82) is 0 Å². The lowest BCUT2D eigenvalue weighted by atomic mass is 10.0. The van der Waals surface area contributed by atoms with Crippen molar-refractivity contribution in [1.82, 2.24) is 0 Å². The maximum atomic E-state index is 12.8. The highest BCUT2D eigenvalue weighted by molar-refractivity contribution is 7.45. The van der Waals surface area contributed by atoms with Gasteiger partial charge in [-0.15, -0.1) is 0 Å². The van der Waals surface area contributed by atoms with Gasteiger partial charge in [0.25, 0.3) is 7.82 Å². The van der Waals surface area contributed by atoms with E-state index in [1.165, 1.54) is 218 Å². The number of carbonyl (C=O) groups excluding carboxylic acids is 2. The largest absolute Gasteiger partial charge is 0.756 e. The summed E-state index contributed by atoms with van der Waals surface area (Å²) in [5, 5.41) is 0. The van der Waals surface area contributed by atoms with Crippen molar-refractivity contribution in [3.63, 3.8) is 0 Å². The number of quaternary nitrogens is 1. The summed E-state index contributed by atoms with van der Waals surface area (Å²) < 4.78 is 34.3. The molecule has 76 heavy (non-hydrogen) atoms. The molecule has 0 aliphatic rings. The molecule has 9 nitrogen and oxygen atoms in total. The minimum atomic E-state index is -4.64. The zero-order valence-electron chi connectivity index (χ0n) is 50.7. The average molecular weight is 1090 g/mol. The predicted molar refractivity (Wildman–Crippen MR) is 324 cm³/mol. The van der Waals surface area contributed by atoms with Crippen LogP contribution in [0.4, 0.5) is 0 Å². The Morgan fingerprint density at radius 1 is 0.421 bits per heavy atom. The number of hydrogen-bond acceptors (Lipinski definition) is 8. The fraction of sp³-hybridized carbons (Fsp3) is 0.848. The minimum absolute atomic E-state index is 0.0284. The molecule has 0 N–H and O–H groups in total. The molecule has 0 amide bonds. The van der Waals surface area contributed by atoms with Gasteiger partial charge in [0.1, 0.15) is 19.8 Å². The van der Waals surface area contributed by atoms with E-state index in [1.54, 1.807) is 0 Å². The van der Waals surface area contributed by atoms with Gasteiger partial charge in [0, 0.05) is 12.8 Å². The number of esters is 2. The molecule has 0 aromatic heterocycles. The third-order valence-corrected chi connectivity index (χ3v) is 15.3. The third kappa shape index (κ3) is 61.2. The van der Waals surface area contributed by atoms with Gasteiger partial charge in [-0.25, -0.2) is 0 Å². The second-order valence-corrected chi connectivity index (χ2v) is 24.5. The second kappa shape index (κ2) is 57.6. The summed E-state index contributed by atoms with van der Waals surface area (Å²) in [5.74, 6) is -0.815. The van der Waals surface area contributed by atoms with E-state index in [2.05, 4.69) is 62.5 Å². The van der Waals surface area contributed by atoms with E-state index in [1.807, 2.05) is 21.1 Å². The molecule has 2 unspecified atom stereocenters. The van der Waals surface area contributed by atoms with Crippen LogP contribution in [0.1, 0.15) is 309 Å². The summed E-state index contributed by atoms with van der Waals surface area (Å²) in [4.78, 5) is 38.0. The first-order valence-corrected chi connectivity index (χ1v) is 33.8. The summed E-state index contributed by atoms with van der Waals surface area (Å²) >= 11 is 0. The van der Waals surface area contributed by atoms with Crippen LogP contribution in [-0.2, 0) is 32.7 Å². The molecule has 0 saturated carbocycles. The van der Waals surface area contributed by atoms with Crippen molar-refractivity contribution in [2.24, 2.45) is 0 Å². The summed E-state index contributed by atoms with van der Waals surface area (Å²) in [5.41, 5.74) is 0. The molecule has 0 aliphatic carbocycles. The van der Waals surface area contributed by atoms with Gasteiger partial charge in [-0.2, -0.15) is 0 Å². The molecule has 0 aliphatic heterocycles. The van der Waals surface area contributed by atoms with Crippen LogP contribution in [-0.4, -0.2) is 70.0 Å². The zero-order valence-corrected chi connectivity index (χ0v) is 51.6. The Balaban J connectivity index is 4.03. The Kier molecular flexibility index (Phi) is 56.1. The van der Waals surface area contributed by atoms with Crippen LogP contribution in [0.5, 0.6) is 0 Å². The lowest BCUT2D eigenvalue weighted by Crippen LogP contribution is -2.37. The Labute approximate surface area is 471 Å². The maximum absolute atomic E-state index is 12.8. The summed E-state index contributed by atoms with van der Waals surface area (Å²) in [7, 11) is 1.18. The quantitative estimate of drug-likeness (QED) is 0.0195. The van der Waals surface area contributed by atoms with Gasteiger partial charge < -0.3 is 27.9 Å². The number of phosphoric ester groups is 1. The highest BCUT2D eigenvalue weighted by Crippen LogP contribution is 2.38. The van der Waals surface area contributed by atoms with Crippen LogP contribution in [0.25, 0.3) is 0 Å². The molecule has 10 heteroatoms. The Morgan fingerprint density at radius 2 is 0.750 bits per heavy atom. The molecule has 0 aromatic carbocycles. The van der Waals surface area contributed by atoms with Gasteiger partial charge in [-0.1, -0.05) is 294 Å². The molecule has 0 radical (unpaired) electrons. The smallest absolute Gasteiger partial charge is 0.306 e. The van der Waals surface area contributed by atoms with Crippen LogP contribution < -0.4 is 4.89 Å². The first kappa shape index (κ1) is 74.0. The topological polar surface area (TPSA) is 111 Å². The van der Waals surface area contributed by atoms with Gasteiger partial charge in [0.05, 0.1) is 27.7 Å². The number of carbonyl (C=O) groups is 2. The molecule has 2 atom stereocenters. The summed E-state index contributed by atoms with van der Waals surface area (Å²) in [6.45, 7) is 4.19. The van der Waals surface area contributed by atoms with E-state index >= 15 is 0 Å². The van der Waals surface area contributed by atoms with Crippen LogP contribution in [0.3, 0.4) is 0 Å².